The Labute approximate surface area is 118 Å². The summed E-state index contributed by atoms with van der Waals surface area (Å²) in [5, 5.41) is 0. The van der Waals surface area contributed by atoms with Gasteiger partial charge in [-0.15, -0.1) is 0 Å². The van der Waals surface area contributed by atoms with Gasteiger partial charge in [0.1, 0.15) is 5.75 Å². The summed E-state index contributed by atoms with van der Waals surface area (Å²) in [6, 6.07) is 15.1. The summed E-state index contributed by atoms with van der Waals surface area (Å²) in [6.07, 6.45) is -4.53. The van der Waals surface area contributed by atoms with E-state index in [0.29, 0.717) is 16.8 Å². The lowest BCUT2D eigenvalue weighted by atomic mass is 10.3. The van der Waals surface area contributed by atoms with Gasteiger partial charge < -0.3 is 4.74 Å². The molecule has 3 nitrogen and oxygen atoms in total. The van der Waals surface area contributed by atoms with Crippen LogP contribution in [0.1, 0.15) is 5.82 Å². The maximum absolute atomic E-state index is 13.1. The molecule has 0 radical (unpaired) electrons. The van der Waals surface area contributed by atoms with Crippen molar-refractivity contribution in [2.75, 3.05) is 0 Å². The molecule has 0 aliphatic carbocycles. The Morgan fingerprint density at radius 1 is 0.952 bits per heavy atom. The first-order valence-corrected chi connectivity index (χ1v) is 6.26. The molecule has 0 unspecified atom stereocenters. The molecule has 21 heavy (non-hydrogen) atoms. The molecular formula is C15H11F3N2O. The fraction of sp³-hybridized carbons (Fsp3) is 0.133. The normalized spacial score (nSPS) is 11.8. The summed E-state index contributed by atoms with van der Waals surface area (Å²) < 4.78 is 45.7. The minimum atomic E-state index is -4.53. The van der Waals surface area contributed by atoms with Gasteiger partial charge in [-0.2, -0.15) is 13.2 Å². The molecule has 3 rings (SSSR count). The van der Waals surface area contributed by atoms with Crippen LogP contribution in [0, 0.1) is 0 Å². The highest BCUT2D eigenvalue weighted by molar-refractivity contribution is 5.76. The highest BCUT2D eigenvalue weighted by Crippen LogP contribution is 2.31. The van der Waals surface area contributed by atoms with E-state index in [1.165, 1.54) is 0 Å². The van der Waals surface area contributed by atoms with Crippen molar-refractivity contribution in [2.45, 2.75) is 12.9 Å². The number of imidazole rings is 1. The van der Waals surface area contributed by atoms with Crippen LogP contribution in [0.4, 0.5) is 13.2 Å². The average molecular weight is 292 g/mol. The lowest BCUT2D eigenvalue weighted by Gasteiger charge is -2.12. The molecule has 0 saturated carbocycles. The van der Waals surface area contributed by atoms with E-state index in [9.17, 15) is 13.2 Å². The third-order valence-electron chi connectivity index (χ3n) is 3.01. The van der Waals surface area contributed by atoms with Crippen molar-refractivity contribution in [3.8, 4) is 5.75 Å². The number of nitrogens with zero attached hydrogens (tertiary/aromatic N) is 2. The van der Waals surface area contributed by atoms with Crippen molar-refractivity contribution < 1.29 is 17.9 Å². The third kappa shape index (κ3) is 2.69. The summed E-state index contributed by atoms with van der Waals surface area (Å²) in [7, 11) is 0. The Kier molecular flexibility index (Phi) is 3.29. The van der Waals surface area contributed by atoms with Gasteiger partial charge in [0.25, 0.3) is 0 Å². The summed E-state index contributed by atoms with van der Waals surface area (Å²) in [5.74, 6) is -0.456. The first kappa shape index (κ1) is 13.5. The van der Waals surface area contributed by atoms with Crippen molar-refractivity contribution >= 4 is 11.0 Å². The number of para-hydroxylation sites is 3. The number of halogens is 3. The van der Waals surface area contributed by atoms with Crippen LogP contribution in [0.25, 0.3) is 11.0 Å². The SMILES string of the molecule is FC(F)(F)c1nc2ccccc2n1COc1ccccc1. The number of ether oxygens (including phenoxy) is 1. The van der Waals surface area contributed by atoms with E-state index in [2.05, 4.69) is 4.98 Å². The molecule has 0 amide bonds. The highest BCUT2D eigenvalue weighted by Gasteiger charge is 2.37. The minimum absolute atomic E-state index is 0.251. The van der Waals surface area contributed by atoms with Gasteiger partial charge in [0.05, 0.1) is 11.0 Å². The summed E-state index contributed by atoms with van der Waals surface area (Å²) in [5.41, 5.74) is 0.683. The number of benzene rings is 2. The summed E-state index contributed by atoms with van der Waals surface area (Å²) >= 11 is 0. The molecule has 3 aromatic rings. The number of rotatable bonds is 3. The van der Waals surface area contributed by atoms with Crippen LogP contribution in [-0.4, -0.2) is 9.55 Å². The Bertz CT molecular complexity index is 750. The van der Waals surface area contributed by atoms with Crippen LogP contribution in [0.15, 0.2) is 54.6 Å². The Morgan fingerprint density at radius 3 is 2.33 bits per heavy atom. The van der Waals surface area contributed by atoms with Gasteiger partial charge in [0.2, 0.25) is 5.82 Å². The van der Waals surface area contributed by atoms with E-state index in [-0.39, 0.29) is 6.73 Å². The maximum atomic E-state index is 13.1. The van der Waals surface area contributed by atoms with Crippen molar-refractivity contribution in [2.24, 2.45) is 0 Å². The van der Waals surface area contributed by atoms with E-state index in [1.54, 1.807) is 54.6 Å². The molecule has 0 fully saturated rings. The molecule has 1 heterocycles. The second kappa shape index (κ2) is 5.12. The van der Waals surface area contributed by atoms with E-state index < -0.39 is 12.0 Å². The Hall–Kier alpha value is -2.50. The predicted octanol–water partition coefficient (Wildman–Crippen LogP) is 4.09. The lowest BCUT2D eigenvalue weighted by molar-refractivity contribution is -0.148. The molecule has 2 aromatic carbocycles. The van der Waals surface area contributed by atoms with Gasteiger partial charge in [-0.25, -0.2) is 4.98 Å². The number of fused-ring (bicyclic) bond motifs is 1. The van der Waals surface area contributed by atoms with E-state index in [1.807, 2.05) is 0 Å². The standard InChI is InChI=1S/C15H11F3N2O/c16-15(17,18)14-19-12-8-4-5-9-13(12)20(14)10-21-11-6-2-1-3-7-11/h1-9H,10H2. The van der Waals surface area contributed by atoms with Gasteiger partial charge in [0, 0.05) is 0 Å². The van der Waals surface area contributed by atoms with Gasteiger partial charge in [0.15, 0.2) is 6.73 Å². The average Bonchev–Trinajstić information content (AvgIpc) is 2.85. The minimum Gasteiger partial charge on any atom is -0.473 e. The molecular weight excluding hydrogens is 281 g/mol. The number of hydrogen-bond donors (Lipinski definition) is 0. The largest absolute Gasteiger partial charge is 0.473 e. The fourth-order valence-electron chi connectivity index (χ4n) is 2.08. The van der Waals surface area contributed by atoms with Crippen LogP contribution < -0.4 is 4.74 Å². The van der Waals surface area contributed by atoms with Crippen LogP contribution in [0.3, 0.4) is 0 Å². The van der Waals surface area contributed by atoms with Gasteiger partial charge in [-0.3, -0.25) is 4.57 Å². The molecule has 0 spiro atoms. The molecule has 6 heteroatoms. The summed E-state index contributed by atoms with van der Waals surface area (Å²) in [6.45, 7) is -0.251. The van der Waals surface area contributed by atoms with E-state index >= 15 is 0 Å². The van der Waals surface area contributed by atoms with Crippen molar-refractivity contribution in [3.63, 3.8) is 0 Å². The lowest BCUT2D eigenvalue weighted by Crippen LogP contribution is -2.17. The van der Waals surface area contributed by atoms with Gasteiger partial charge in [-0.05, 0) is 24.3 Å². The third-order valence-corrected chi connectivity index (χ3v) is 3.01. The second-order valence-corrected chi connectivity index (χ2v) is 4.44. The highest BCUT2D eigenvalue weighted by atomic mass is 19.4. The molecule has 0 N–H and O–H groups in total. The van der Waals surface area contributed by atoms with E-state index in [0.717, 1.165) is 4.57 Å². The monoisotopic (exact) mass is 292 g/mol. The van der Waals surface area contributed by atoms with Gasteiger partial charge in [-0.1, -0.05) is 30.3 Å². The first-order chi connectivity index (χ1) is 10.1. The Balaban J connectivity index is 1.99. The number of alkyl halides is 3. The van der Waals surface area contributed by atoms with Crippen molar-refractivity contribution in [1.82, 2.24) is 9.55 Å². The zero-order valence-electron chi connectivity index (χ0n) is 10.8. The first-order valence-electron chi connectivity index (χ1n) is 6.26. The molecule has 1 aromatic heterocycles. The number of aromatic nitrogens is 2. The van der Waals surface area contributed by atoms with E-state index in [4.69, 9.17) is 4.74 Å². The second-order valence-electron chi connectivity index (χ2n) is 4.44. The zero-order valence-corrected chi connectivity index (χ0v) is 10.8. The van der Waals surface area contributed by atoms with Crippen LogP contribution in [0.5, 0.6) is 5.75 Å². The van der Waals surface area contributed by atoms with Crippen LogP contribution in [-0.2, 0) is 12.9 Å². The quantitative estimate of drug-likeness (QED) is 0.727. The molecule has 108 valence electrons. The molecule has 0 saturated heterocycles. The fourth-order valence-corrected chi connectivity index (χ4v) is 2.08. The topological polar surface area (TPSA) is 27.1 Å². The van der Waals surface area contributed by atoms with Crippen LogP contribution >= 0.6 is 0 Å². The van der Waals surface area contributed by atoms with Crippen molar-refractivity contribution in [3.05, 3.63) is 60.4 Å². The smallest absolute Gasteiger partial charge is 0.449 e. The summed E-state index contributed by atoms with van der Waals surface area (Å²) in [4.78, 5) is 3.65. The zero-order chi connectivity index (χ0) is 14.9. The number of hydrogen-bond acceptors (Lipinski definition) is 2. The maximum Gasteiger partial charge on any atom is 0.449 e. The molecule has 0 bridgehead atoms. The van der Waals surface area contributed by atoms with Crippen molar-refractivity contribution in [1.29, 1.82) is 0 Å². The Morgan fingerprint density at radius 2 is 1.62 bits per heavy atom. The molecule has 0 aliphatic rings. The van der Waals surface area contributed by atoms with Crippen LogP contribution in [0.2, 0.25) is 0 Å². The molecule has 0 atom stereocenters. The predicted molar refractivity (Wildman–Crippen MR) is 71.8 cm³/mol. The molecule has 0 aliphatic heterocycles. The van der Waals surface area contributed by atoms with Gasteiger partial charge >= 0.3 is 6.18 Å².